The van der Waals surface area contributed by atoms with E-state index in [1.165, 1.54) is 0 Å². The van der Waals surface area contributed by atoms with Gasteiger partial charge in [-0.1, -0.05) is 24.3 Å². The van der Waals surface area contributed by atoms with Gasteiger partial charge in [0.1, 0.15) is 0 Å². The second kappa shape index (κ2) is 7.40. The largest absolute Gasteiger partial charge is 0.376 e. The topological polar surface area (TPSA) is 59.6 Å². The highest BCUT2D eigenvalue weighted by Crippen LogP contribution is 2.31. The van der Waals surface area contributed by atoms with E-state index in [0.29, 0.717) is 26.4 Å². The molecule has 0 aliphatic carbocycles. The molecule has 1 aromatic heterocycles. The van der Waals surface area contributed by atoms with E-state index in [0.717, 1.165) is 16.1 Å². The zero-order valence-electron chi connectivity index (χ0n) is 12.1. The minimum absolute atomic E-state index is 0.0768. The second-order valence-corrected chi connectivity index (χ2v) is 5.87. The summed E-state index contributed by atoms with van der Waals surface area (Å²) in [7, 11) is 0. The maximum atomic E-state index is 12.1. The Morgan fingerprint density at radius 2 is 2.14 bits per heavy atom. The van der Waals surface area contributed by atoms with Crippen molar-refractivity contribution in [3.8, 4) is 10.4 Å². The van der Waals surface area contributed by atoms with Crippen molar-refractivity contribution in [2.45, 2.75) is 6.10 Å². The summed E-state index contributed by atoms with van der Waals surface area (Å²) >= 11 is 1.65. The Morgan fingerprint density at radius 3 is 2.91 bits per heavy atom. The van der Waals surface area contributed by atoms with E-state index in [1.807, 2.05) is 41.8 Å². The summed E-state index contributed by atoms with van der Waals surface area (Å²) in [6, 6.07) is 11.6. The predicted octanol–water partition coefficient (Wildman–Crippen LogP) is 2.95. The molecule has 0 bridgehead atoms. The molecule has 2 amide bonds. The fourth-order valence-corrected chi connectivity index (χ4v) is 3.03. The SMILES string of the molecule is O=C(NCC1COCCO1)Nc1ccccc1-c1cccs1. The lowest BCUT2D eigenvalue weighted by Crippen LogP contribution is -2.41. The quantitative estimate of drug-likeness (QED) is 0.911. The number of benzene rings is 1. The van der Waals surface area contributed by atoms with Gasteiger partial charge in [-0.25, -0.2) is 4.79 Å². The first kappa shape index (κ1) is 15.0. The lowest BCUT2D eigenvalue weighted by atomic mass is 10.1. The first-order valence-corrected chi connectivity index (χ1v) is 8.08. The Morgan fingerprint density at radius 1 is 1.23 bits per heavy atom. The number of ether oxygens (including phenoxy) is 2. The van der Waals surface area contributed by atoms with Gasteiger partial charge in [-0.2, -0.15) is 0 Å². The fraction of sp³-hybridized carbons (Fsp3) is 0.312. The summed E-state index contributed by atoms with van der Waals surface area (Å²) in [4.78, 5) is 13.2. The number of urea groups is 1. The Bertz CT molecular complexity index is 610. The average Bonchev–Trinajstić information content (AvgIpc) is 3.09. The minimum Gasteiger partial charge on any atom is -0.376 e. The number of amides is 2. The number of hydrogen-bond donors (Lipinski definition) is 2. The van der Waals surface area contributed by atoms with Crippen LogP contribution in [0.1, 0.15) is 0 Å². The van der Waals surface area contributed by atoms with Crippen molar-refractivity contribution in [1.29, 1.82) is 0 Å². The molecular formula is C16H18N2O3S. The second-order valence-electron chi connectivity index (χ2n) is 4.93. The Labute approximate surface area is 133 Å². The number of nitrogens with one attached hydrogen (secondary N) is 2. The van der Waals surface area contributed by atoms with Gasteiger partial charge < -0.3 is 20.1 Å². The summed E-state index contributed by atoms with van der Waals surface area (Å²) < 4.78 is 10.8. The van der Waals surface area contributed by atoms with E-state index >= 15 is 0 Å². The molecular weight excluding hydrogens is 300 g/mol. The molecule has 1 atom stereocenters. The highest BCUT2D eigenvalue weighted by Gasteiger charge is 2.15. The van der Waals surface area contributed by atoms with Gasteiger partial charge in [0.2, 0.25) is 0 Å². The number of hydrogen-bond acceptors (Lipinski definition) is 4. The van der Waals surface area contributed by atoms with Crippen LogP contribution in [0.4, 0.5) is 10.5 Å². The lowest BCUT2D eigenvalue weighted by Gasteiger charge is -2.23. The molecule has 2 aromatic rings. The van der Waals surface area contributed by atoms with Crippen LogP contribution in [0.3, 0.4) is 0 Å². The van der Waals surface area contributed by atoms with Gasteiger partial charge in [-0.05, 0) is 17.5 Å². The third-order valence-corrected chi connectivity index (χ3v) is 4.24. The standard InChI is InChI=1S/C16H18N2O3S/c19-16(17-10-12-11-20-7-8-21-12)18-14-5-2-1-4-13(14)15-6-3-9-22-15/h1-6,9,12H,7-8,10-11H2,(H2,17,18,19). The van der Waals surface area contributed by atoms with Gasteiger partial charge >= 0.3 is 6.03 Å². The molecule has 22 heavy (non-hydrogen) atoms. The monoisotopic (exact) mass is 318 g/mol. The molecule has 1 aliphatic heterocycles. The van der Waals surface area contributed by atoms with Crippen molar-refractivity contribution < 1.29 is 14.3 Å². The fourth-order valence-electron chi connectivity index (χ4n) is 2.27. The van der Waals surface area contributed by atoms with Crippen LogP contribution in [0, 0.1) is 0 Å². The highest BCUT2D eigenvalue weighted by molar-refractivity contribution is 7.13. The van der Waals surface area contributed by atoms with Gasteiger partial charge in [-0.15, -0.1) is 11.3 Å². The Kier molecular flexibility index (Phi) is 5.05. The molecule has 1 fully saturated rings. The van der Waals surface area contributed by atoms with E-state index in [4.69, 9.17) is 9.47 Å². The third-order valence-electron chi connectivity index (χ3n) is 3.34. The van der Waals surface area contributed by atoms with Crippen molar-refractivity contribution in [2.75, 3.05) is 31.7 Å². The predicted molar refractivity (Wildman–Crippen MR) is 87.3 cm³/mol. The Balaban J connectivity index is 1.59. The van der Waals surface area contributed by atoms with Gasteiger partial charge in [0.05, 0.1) is 31.6 Å². The van der Waals surface area contributed by atoms with Gasteiger partial charge in [-0.3, -0.25) is 0 Å². The molecule has 116 valence electrons. The average molecular weight is 318 g/mol. The summed E-state index contributed by atoms with van der Waals surface area (Å²) in [5.41, 5.74) is 1.81. The lowest BCUT2D eigenvalue weighted by molar-refractivity contribution is -0.0852. The molecule has 1 aliphatic rings. The summed E-state index contributed by atoms with van der Waals surface area (Å²) in [5, 5.41) is 7.74. The number of rotatable bonds is 4. The molecule has 3 rings (SSSR count). The first-order chi connectivity index (χ1) is 10.8. The van der Waals surface area contributed by atoms with Crippen LogP contribution in [0.5, 0.6) is 0 Å². The zero-order valence-corrected chi connectivity index (χ0v) is 12.9. The molecule has 0 radical (unpaired) electrons. The molecule has 1 saturated heterocycles. The van der Waals surface area contributed by atoms with Crippen molar-refractivity contribution in [1.82, 2.24) is 5.32 Å². The van der Waals surface area contributed by atoms with Crippen LogP contribution in [-0.2, 0) is 9.47 Å². The van der Waals surface area contributed by atoms with Crippen LogP contribution in [-0.4, -0.2) is 38.5 Å². The van der Waals surface area contributed by atoms with Gasteiger partial charge in [0, 0.05) is 17.0 Å². The van der Waals surface area contributed by atoms with Crippen molar-refractivity contribution in [3.63, 3.8) is 0 Å². The smallest absolute Gasteiger partial charge is 0.319 e. The molecule has 1 unspecified atom stereocenters. The number of anilines is 1. The van der Waals surface area contributed by atoms with Crippen LogP contribution in [0.2, 0.25) is 0 Å². The molecule has 0 spiro atoms. The number of carbonyl (C=O) groups excluding carboxylic acids is 1. The van der Waals surface area contributed by atoms with Gasteiger partial charge in [0.25, 0.3) is 0 Å². The number of thiophene rings is 1. The molecule has 6 heteroatoms. The third kappa shape index (κ3) is 3.85. The molecule has 1 aromatic carbocycles. The summed E-state index contributed by atoms with van der Waals surface area (Å²) in [6.07, 6.45) is -0.0768. The van der Waals surface area contributed by atoms with Crippen LogP contribution < -0.4 is 10.6 Å². The number of carbonyl (C=O) groups is 1. The molecule has 0 saturated carbocycles. The van der Waals surface area contributed by atoms with E-state index in [2.05, 4.69) is 10.6 Å². The van der Waals surface area contributed by atoms with Crippen LogP contribution in [0.15, 0.2) is 41.8 Å². The first-order valence-electron chi connectivity index (χ1n) is 7.20. The zero-order chi connectivity index (χ0) is 15.2. The highest BCUT2D eigenvalue weighted by atomic mass is 32.1. The molecule has 5 nitrogen and oxygen atoms in total. The van der Waals surface area contributed by atoms with Crippen molar-refractivity contribution >= 4 is 23.1 Å². The van der Waals surface area contributed by atoms with Gasteiger partial charge in [0.15, 0.2) is 0 Å². The maximum Gasteiger partial charge on any atom is 0.319 e. The normalized spacial score (nSPS) is 17.9. The Hall–Kier alpha value is -1.89. The van der Waals surface area contributed by atoms with E-state index < -0.39 is 0 Å². The van der Waals surface area contributed by atoms with E-state index in [1.54, 1.807) is 11.3 Å². The van der Waals surface area contributed by atoms with E-state index in [9.17, 15) is 4.79 Å². The molecule has 2 N–H and O–H groups in total. The van der Waals surface area contributed by atoms with Crippen molar-refractivity contribution in [2.24, 2.45) is 0 Å². The minimum atomic E-state index is -0.238. The van der Waals surface area contributed by atoms with E-state index in [-0.39, 0.29) is 12.1 Å². The summed E-state index contributed by atoms with van der Waals surface area (Å²) in [5.74, 6) is 0. The summed E-state index contributed by atoms with van der Waals surface area (Å²) in [6.45, 7) is 2.16. The van der Waals surface area contributed by atoms with Crippen LogP contribution in [0.25, 0.3) is 10.4 Å². The van der Waals surface area contributed by atoms with Crippen LogP contribution >= 0.6 is 11.3 Å². The van der Waals surface area contributed by atoms with Crippen molar-refractivity contribution in [3.05, 3.63) is 41.8 Å². The number of para-hydroxylation sites is 1. The molecule has 2 heterocycles. The maximum absolute atomic E-state index is 12.1.